The second-order valence-corrected chi connectivity index (χ2v) is 22.8. The monoisotopic (exact) mass is 1000 g/mol. The van der Waals surface area contributed by atoms with Gasteiger partial charge < -0.3 is 20.3 Å². The highest BCUT2D eigenvalue weighted by molar-refractivity contribution is 5.76. The van der Waals surface area contributed by atoms with E-state index >= 15 is 0 Å². The first-order valence-electron chi connectivity index (χ1n) is 32.8. The summed E-state index contributed by atoms with van der Waals surface area (Å²) < 4.78 is 5.50. The molecule has 0 radical (unpaired) electrons. The highest BCUT2D eigenvalue weighted by atomic mass is 16.5. The summed E-state index contributed by atoms with van der Waals surface area (Å²) in [6.45, 7) is 4.97. The Bertz CT molecular complexity index is 1020. The van der Waals surface area contributed by atoms with E-state index in [4.69, 9.17) is 4.74 Å². The SMILES string of the molecule is CCCCCCCCCCCCCCCCCCCCCCCCCC(O)C(CO)NC(=O)CCCCCCCCCCCCCCOC(=O)CCCCCCCCCCCCCCCCCCCCC. The molecule has 71 heavy (non-hydrogen) atoms. The number of rotatable bonds is 62. The van der Waals surface area contributed by atoms with Gasteiger partial charge in [-0.2, -0.15) is 0 Å². The van der Waals surface area contributed by atoms with Crippen molar-refractivity contribution in [3.05, 3.63) is 0 Å². The van der Waals surface area contributed by atoms with Crippen LogP contribution in [0.15, 0.2) is 0 Å². The molecule has 0 rings (SSSR count). The van der Waals surface area contributed by atoms with Crippen molar-refractivity contribution in [1.29, 1.82) is 0 Å². The van der Waals surface area contributed by atoms with Crippen LogP contribution in [0.3, 0.4) is 0 Å². The van der Waals surface area contributed by atoms with Gasteiger partial charge in [0.05, 0.1) is 25.4 Å². The number of amides is 1. The van der Waals surface area contributed by atoms with Crippen LogP contribution in [0.4, 0.5) is 0 Å². The van der Waals surface area contributed by atoms with Gasteiger partial charge in [0, 0.05) is 12.8 Å². The lowest BCUT2D eigenvalue weighted by Gasteiger charge is -2.22. The second-order valence-electron chi connectivity index (χ2n) is 22.8. The molecule has 0 saturated heterocycles. The van der Waals surface area contributed by atoms with Crippen molar-refractivity contribution in [2.75, 3.05) is 13.2 Å². The van der Waals surface area contributed by atoms with E-state index in [1.165, 1.54) is 289 Å². The van der Waals surface area contributed by atoms with Gasteiger partial charge in [0.2, 0.25) is 5.91 Å². The van der Waals surface area contributed by atoms with Gasteiger partial charge in [0.25, 0.3) is 0 Å². The minimum Gasteiger partial charge on any atom is -0.466 e. The van der Waals surface area contributed by atoms with E-state index in [2.05, 4.69) is 19.2 Å². The van der Waals surface area contributed by atoms with Crippen molar-refractivity contribution in [1.82, 2.24) is 5.32 Å². The number of carbonyl (C=O) groups excluding carboxylic acids is 2. The molecule has 0 aromatic heterocycles. The predicted octanol–water partition coefficient (Wildman–Crippen LogP) is 20.6. The third-order valence-corrected chi connectivity index (χ3v) is 15.7. The number of aliphatic hydroxyl groups is 2. The largest absolute Gasteiger partial charge is 0.466 e. The summed E-state index contributed by atoms with van der Waals surface area (Å²) in [6.07, 6.45) is 72.6. The predicted molar refractivity (Wildman–Crippen MR) is 310 cm³/mol. The lowest BCUT2D eigenvalue weighted by Crippen LogP contribution is -2.45. The van der Waals surface area contributed by atoms with Crippen LogP contribution in [0, 0.1) is 0 Å². The first-order valence-corrected chi connectivity index (χ1v) is 32.8. The maximum atomic E-state index is 12.5. The second kappa shape index (κ2) is 61.4. The molecule has 6 heteroatoms. The Balaban J connectivity index is 3.41. The van der Waals surface area contributed by atoms with Gasteiger partial charge in [0.15, 0.2) is 0 Å². The van der Waals surface area contributed by atoms with Crippen molar-refractivity contribution < 1.29 is 24.5 Å². The van der Waals surface area contributed by atoms with Gasteiger partial charge in [-0.05, 0) is 25.7 Å². The van der Waals surface area contributed by atoms with E-state index in [0.717, 1.165) is 57.8 Å². The molecule has 3 N–H and O–H groups in total. The molecule has 0 heterocycles. The summed E-state index contributed by atoms with van der Waals surface area (Å²) in [6, 6.07) is -0.553. The topological polar surface area (TPSA) is 95.9 Å². The van der Waals surface area contributed by atoms with Crippen molar-refractivity contribution in [3.63, 3.8) is 0 Å². The number of esters is 1. The third kappa shape index (κ3) is 58.0. The van der Waals surface area contributed by atoms with E-state index in [9.17, 15) is 19.8 Å². The molecule has 0 bridgehead atoms. The molecule has 2 unspecified atom stereocenters. The quantitative estimate of drug-likeness (QED) is 0.0417. The molecule has 0 aliphatic heterocycles. The molecule has 424 valence electrons. The normalized spacial score (nSPS) is 12.5. The molecule has 2 atom stereocenters. The molecule has 0 aromatic carbocycles. The molecule has 0 spiro atoms. The first-order chi connectivity index (χ1) is 35.0. The summed E-state index contributed by atoms with van der Waals surface area (Å²) >= 11 is 0. The van der Waals surface area contributed by atoms with Crippen molar-refractivity contribution in [2.45, 2.75) is 392 Å². The summed E-state index contributed by atoms with van der Waals surface area (Å²) in [5.41, 5.74) is 0. The highest BCUT2D eigenvalue weighted by Crippen LogP contribution is 2.19. The number of aliphatic hydroxyl groups excluding tert-OH is 2. The summed E-state index contributed by atoms with van der Waals surface area (Å²) in [7, 11) is 0. The van der Waals surface area contributed by atoms with Crippen LogP contribution < -0.4 is 5.32 Å². The fourth-order valence-corrected chi connectivity index (χ4v) is 10.6. The standard InChI is InChI=1S/C65H129NO5/c1-3-5-7-9-11-13-15-17-19-21-23-24-25-26-28-29-31-33-37-41-45-49-53-57-63(68)62(61-67)66-64(69)58-54-50-46-42-38-35-36-40-44-48-52-56-60-71-65(70)59-55-51-47-43-39-34-32-30-27-22-20-18-16-14-12-10-8-6-4-2/h62-63,67-68H,3-61H2,1-2H3,(H,66,69). The van der Waals surface area contributed by atoms with Gasteiger partial charge in [0.1, 0.15) is 0 Å². The number of hydrogen-bond acceptors (Lipinski definition) is 5. The summed E-state index contributed by atoms with van der Waals surface area (Å²) in [5.74, 6) is -0.0473. The van der Waals surface area contributed by atoms with E-state index in [1.807, 2.05) is 0 Å². The van der Waals surface area contributed by atoms with E-state index in [0.29, 0.717) is 25.9 Å². The number of unbranched alkanes of at least 4 members (excludes halogenated alkanes) is 51. The smallest absolute Gasteiger partial charge is 0.305 e. The van der Waals surface area contributed by atoms with Crippen LogP contribution in [0.2, 0.25) is 0 Å². The zero-order chi connectivity index (χ0) is 51.4. The molecule has 6 nitrogen and oxygen atoms in total. The molecular formula is C65H129NO5. The van der Waals surface area contributed by atoms with Gasteiger partial charge in [-0.3, -0.25) is 9.59 Å². The Hall–Kier alpha value is -1.14. The van der Waals surface area contributed by atoms with Crippen molar-refractivity contribution in [2.24, 2.45) is 0 Å². The average Bonchev–Trinajstić information content (AvgIpc) is 3.37. The minimum absolute atomic E-state index is 0.00252. The zero-order valence-corrected chi connectivity index (χ0v) is 48.5. The Morgan fingerprint density at radius 2 is 0.577 bits per heavy atom. The molecule has 0 fully saturated rings. The molecule has 0 aliphatic carbocycles. The fraction of sp³-hybridized carbons (Fsp3) is 0.969. The number of ether oxygens (including phenoxy) is 1. The zero-order valence-electron chi connectivity index (χ0n) is 48.5. The number of hydrogen-bond donors (Lipinski definition) is 3. The Labute approximate surface area is 445 Å². The van der Waals surface area contributed by atoms with Crippen molar-refractivity contribution >= 4 is 11.9 Å². The lowest BCUT2D eigenvalue weighted by molar-refractivity contribution is -0.143. The van der Waals surface area contributed by atoms with E-state index < -0.39 is 12.1 Å². The Morgan fingerprint density at radius 3 is 0.859 bits per heavy atom. The number of nitrogens with one attached hydrogen (secondary N) is 1. The fourth-order valence-electron chi connectivity index (χ4n) is 10.6. The highest BCUT2D eigenvalue weighted by Gasteiger charge is 2.20. The molecule has 0 aromatic rings. The Kier molecular flexibility index (Phi) is 60.4. The van der Waals surface area contributed by atoms with E-state index in [-0.39, 0.29) is 18.5 Å². The van der Waals surface area contributed by atoms with Gasteiger partial charge in [-0.1, -0.05) is 341 Å². The third-order valence-electron chi connectivity index (χ3n) is 15.7. The van der Waals surface area contributed by atoms with E-state index in [1.54, 1.807) is 0 Å². The summed E-state index contributed by atoms with van der Waals surface area (Å²) in [4.78, 5) is 24.6. The van der Waals surface area contributed by atoms with Gasteiger partial charge in [-0.15, -0.1) is 0 Å². The van der Waals surface area contributed by atoms with Crippen LogP contribution in [-0.4, -0.2) is 47.4 Å². The number of carbonyl (C=O) groups is 2. The van der Waals surface area contributed by atoms with Crippen LogP contribution in [0.25, 0.3) is 0 Å². The van der Waals surface area contributed by atoms with Gasteiger partial charge in [-0.25, -0.2) is 0 Å². The first kappa shape index (κ1) is 69.9. The molecule has 1 amide bonds. The maximum Gasteiger partial charge on any atom is 0.305 e. The molecular weight excluding hydrogens is 875 g/mol. The molecule has 0 aliphatic rings. The van der Waals surface area contributed by atoms with Crippen LogP contribution in [-0.2, 0) is 14.3 Å². The van der Waals surface area contributed by atoms with Crippen molar-refractivity contribution in [3.8, 4) is 0 Å². The minimum atomic E-state index is -0.675. The van der Waals surface area contributed by atoms with Crippen LogP contribution in [0.5, 0.6) is 0 Å². The van der Waals surface area contributed by atoms with Crippen LogP contribution >= 0.6 is 0 Å². The lowest BCUT2D eigenvalue weighted by atomic mass is 10.0. The average molecular weight is 1000 g/mol. The van der Waals surface area contributed by atoms with Gasteiger partial charge >= 0.3 is 5.97 Å². The summed E-state index contributed by atoms with van der Waals surface area (Å²) in [5, 5.41) is 23.4. The Morgan fingerprint density at radius 1 is 0.338 bits per heavy atom. The maximum absolute atomic E-state index is 12.5. The molecule has 0 saturated carbocycles. The van der Waals surface area contributed by atoms with Crippen LogP contribution in [0.1, 0.15) is 380 Å².